The van der Waals surface area contributed by atoms with Gasteiger partial charge in [0.05, 0.1) is 6.54 Å². The van der Waals surface area contributed by atoms with Crippen LogP contribution in [0.25, 0.3) is 5.69 Å². The van der Waals surface area contributed by atoms with Crippen molar-refractivity contribution in [3.8, 4) is 5.69 Å². The lowest BCUT2D eigenvalue weighted by molar-refractivity contribution is 0.135. The molecular weight excluding hydrogens is 461 g/mol. The van der Waals surface area contributed by atoms with Gasteiger partial charge in [0.15, 0.2) is 11.0 Å². The molecule has 0 aliphatic heterocycles. The monoisotopic (exact) mass is 489 g/mol. The number of halogens is 2. The lowest BCUT2D eigenvalue weighted by Crippen LogP contribution is -2.46. The molecule has 4 rings (SSSR count). The zero-order valence-corrected chi connectivity index (χ0v) is 20.1. The highest BCUT2D eigenvalue weighted by molar-refractivity contribution is 7.99. The highest BCUT2D eigenvalue weighted by Gasteiger charge is 2.25. The third-order valence-corrected chi connectivity index (χ3v) is 7.27. The molecule has 3 atom stereocenters. The minimum atomic E-state index is -0.691. The molecule has 0 saturated heterocycles. The summed E-state index contributed by atoms with van der Waals surface area (Å²) in [5.41, 5.74) is 2.90. The summed E-state index contributed by atoms with van der Waals surface area (Å²) in [5.74, 6) is 0.874. The number of alkyl halides is 1. The minimum Gasteiger partial charge on any atom is -0.378 e. The predicted molar refractivity (Wildman–Crippen MR) is 132 cm³/mol. The number of hydrogen-bond donors (Lipinski definition) is 3. The van der Waals surface area contributed by atoms with Gasteiger partial charge in [-0.25, -0.2) is 4.39 Å². The van der Waals surface area contributed by atoms with Gasteiger partial charge < -0.3 is 10.4 Å². The first-order chi connectivity index (χ1) is 16.0. The average Bonchev–Trinajstić information content (AvgIpc) is 3.22. The first-order valence-electron chi connectivity index (χ1n) is 11.2. The molecule has 3 unspecified atom stereocenters. The first-order valence-corrected chi connectivity index (χ1v) is 12.6. The number of nitrogens with zero attached hydrogens (tertiary/aromatic N) is 3. The summed E-state index contributed by atoms with van der Waals surface area (Å²) < 4.78 is 15.2. The Balaban J connectivity index is 1.47. The van der Waals surface area contributed by atoms with Gasteiger partial charge in [0.2, 0.25) is 0 Å². The van der Waals surface area contributed by atoms with Crippen molar-refractivity contribution in [3.63, 3.8) is 0 Å². The number of thioether (sulfide) groups is 1. The number of aliphatic hydroxyl groups excluding tert-OH is 1. The van der Waals surface area contributed by atoms with Crippen LogP contribution in [0.15, 0.2) is 53.7 Å². The fourth-order valence-corrected chi connectivity index (χ4v) is 5.13. The smallest absolute Gasteiger partial charge is 0.196 e. The second-order valence-corrected chi connectivity index (χ2v) is 9.88. The van der Waals surface area contributed by atoms with E-state index < -0.39 is 6.23 Å². The molecule has 0 bridgehead atoms. The zero-order valence-electron chi connectivity index (χ0n) is 18.5. The van der Waals surface area contributed by atoms with E-state index in [4.69, 9.17) is 11.6 Å². The van der Waals surface area contributed by atoms with Crippen molar-refractivity contribution in [1.29, 1.82) is 0 Å². The van der Waals surface area contributed by atoms with E-state index in [2.05, 4.69) is 20.8 Å². The predicted octanol–water partition coefficient (Wildman–Crippen LogP) is 4.88. The molecular formula is C24H29ClFN5OS. The number of rotatable bonds is 9. The summed E-state index contributed by atoms with van der Waals surface area (Å²) in [5, 5.41) is 26.6. The molecule has 1 aliphatic carbocycles. The number of nitrogens with one attached hydrogen (secondary N) is 2. The number of benzene rings is 2. The van der Waals surface area contributed by atoms with E-state index in [1.54, 1.807) is 12.1 Å². The number of hydrogen-bond acceptors (Lipinski definition) is 6. The van der Waals surface area contributed by atoms with Crippen molar-refractivity contribution < 1.29 is 9.50 Å². The van der Waals surface area contributed by atoms with Crippen molar-refractivity contribution >= 4 is 29.1 Å². The molecule has 0 amide bonds. The van der Waals surface area contributed by atoms with E-state index in [-0.39, 0.29) is 17.2 Å². The van der Waals surface area contributed by atoms with Gasteiger partial charge in [-0.1, -0.05) is 42.3 Å². The lowest BCUT2D eigenvalue weighted by Gasteiger charge is -2.30. The molecule has 1 aliphatic rings. The second-order valence-electron chi connectivity index (χ2n) is 8.33. The van der Waals surface area contributed by atoms with Crippen LogP contribution in [0.1, 0.15) is 37.1 Å². The normalized spacial score (nSPS) is 19.4. The van der Waals surface area contributed by atoms with E-state index in [9.17, 15) is 9.50 Å². The van der Waals surface area contributed by atoms with Gasteiger partial charge in [0.25, 0.3) is 0 Å². The van der Waals surface area contributed by atoms with Crippen molar-refractivity contribution in [2.24, 2.45) is 0 Å². The Hall–Kier alpha value is -2.13. The Kier molecular flexibility index (Phi) is 8.25. The van der Waals surface area contributed by atoms with Crippen molar-refractivity contribution in [1.82, 2.24) is 20.1 Å². The van der Waals surface area contributed by atoms with E-state index in [0.717, 1.165) is 48.4 Å². The Morgan fingerprint density at radius 2 is 1.85 bits per heavy atom. The summed E-state index contributed by atoms with van der Waals surface area (Å²) in [6, 6.07) is 14.5. The standard InChI is InChI=1S/C24H29ClFN5OS/c1-16-6-12-19(13-7-16)31-22(14-27-18-10-8-17(26)9-11-18)29-30-24(31)33-15-23(32)28-21-5-3-2-4-20(21)25/h6-13,20-21,23,27-28,32H,2-5,14-15H2,1H3. The van der Waals surface area contributed by atoms with Gasteiger partial charge in [-0.05, 0) is 56.2 Å². The SMILES string of the molecule is Cc1ccc(-n2c(CNc3ccc(F)cc3)nnc2SCC(O)NC2CCCCC2Cl)cc1. The van der Waals surface area contributed by atoms with Gasteiger partial charge in [-0.2, -0.15) is 0 Å². The van der Waals surface area contributed by atoms with Gasteiger partial charge >= 0.3 is 0 Å². The Morgan fingerprint density at radius 1 is 1.12 bits per heavy atom. The van der Waals surface area contributed by atoms with E-state index in [0.29, 0.717) is 17.5 Å². The highest BCUT2D eigenvalue weighted by Crippen LogP contribution is 2.26. The van der Waals surface area contributed by atoms with Crippen LogP contribution in [0.2, 0.25) is 0 Å². The Morgan fingerprint density at radius 3 is 2.58 bits per heavy atom. The summed E-state index contributed by atoms with van der Waals surface area (Å²) in [6.07, 6.45) is 3.54. The molecule has 1 fully saturated rings. The summed E-state index contributed by atoms with van der Waals surface area (Å²) in [6.45, 7) is 2.46. The fourth-order valence-electron chi connectivity index (χ4n) is 3.93. The van der Waals surface area contributed by atoms with Crippen LogP contribution in [0.3, 0.4) is 0 Å². The second kappa shape index (κ2) is 11.3. The van der Waals surface area contributed by atoms with Crippen molar-refractivity contribution in [3.05, 3.63) is 65.7 Å². The van der Waals surface area contributed by atoms with Crippen LogP contribution in [0.4, 0.5) is 10.1 Å². The van der Waals surface area contributed by atoms with E-state index >= 15 is 0 Å². The number of anilines is 1. The third-order valence-electron chi connectivity index (χ3n) is 5.75. The fraction of sp³-hybridized carbons (Fsp3) is 0.417. The maximum absolute atomic E-state index is 13.2. The average molecular weight is 490 g/mol. The molecule has 3 N–H and O–H groups in total. The molecule has 1 aromatic heterocycles. The maximum atomic E-state index is 13.2. The number of aryl methyl sites for hydroxylation is 1. The first kappa shape index (κ1) is 24.0. The van der Waals surface area contributed by atoms with Crippen LogP contribution in [-0.2, 0) is 6.54 Å². The van der Waals surface area contributed by atoms with Crippen molar-refractivity contribution in [2.75, 3.05) is 11.1 Å². The summed E-state index contributed by atoms with van der Waals surface area (Å²) >= 11 is 7.87. The highest BCUT2D eigenvalue weighted by atomic mass is 35.5. The van der Waals surface area contributed by atoms with Crippen LogP contribution >= 0.6 is 23.4 Å². The summed E-state index contributed by atoms with van der Waals surface area (Å²) in [7, 11) is 0. The summed E-state index contributed by atoms with van der Waals surface area (Å²) in [4.78, 5) is 0. The topological polar surface area (TPSA) is 75.0 Å². The van der Waals surface area contributed by atoms with Gasteiger partial charge in [-0.15, -0.1) is 21.8 Å². The van der Waals surface area contributed by atoms with Gasteiger partial charge in [0.1, 0.15) is 12.0 Å². The van der Waals surface area contributed by atoms with Gasteiger partial charge in [0, 0.05) is 28.5 Å². The lowest BCUT2D eigenvalue weighted by atomic mass is 9.95. The largest absolute Gasteiger partial charge is 0.378 e. The van der Waals surface area contributed by atoms with E-state index in [1.165, 1.54) is 23.9 Å². The number of aromatic nitrogens is 3. The third kappa shape index (κ3) is 6.47. The van der Waals surface area contributed by atoms with E-state index in [1.807, 2.05) is 35.8 Å². The molecule has 1 saturated carbocycles. The minimum absolute atomic E-state index is 0.0544. The van der Waals surface area contributed by atoms with Gasteiger partial charge in [-0.3, -0.25) is 9.88 Å². The van der Waals surface area contributed by atoms with Crippen molar-refractivity contribution in [2.45, 2.75) is 62.0 Å². The zero-order chi connectivity index (χ0) is 23.2. The van der Waals surface area contributed by atoms with Crippen LogP contribution in [0.5, 0.6) is 0 Å². The molecule has 3 aromatic rings. The molecule has 0 spiro atoms. The van der Waals surface area contributed by atoms with Crippen LogP contribution in [0, 0.1) is 12.7 Å². The maximum Gasteiger partial charge on any atom is 0.196 e. The molecule has 9 heteroatoms. The Labute approximate surface area is 203 Å². The molecule has 176 valence electrons. The molecule has 1 heterocycles. The Bertz CT molecular complexity index is 1030. The molecule has 0 radical (unpaired) electrons. The molecule has 6 nitrogen and oxygen atoms in total. The molecule has 2 aromatic carbocycles. The number of aliphatic hydroxyl groups is 1. The molecule has 33 heavy (non-hydrogen) atoms. The van der Waals surface area contributed by atoms with Crippen LogP contribution < -0.4 is 10.6 Å². The van der Waals surface area contributed by atoms with Crippen LogP contribution in [-0.4, -0.2) is 43.3 Å². The quantitative estimate of drug-likeness (QED) is 0.226.